The number of piperidine rings is 1. The smallest absolute Gasteiger partial charge is 0.254 e. The first-order chi connectivity index (χ1) is 13.1. The van der Waals surface area contributed by atoms with Gasteiger partial charge in [0, 0.05) is 37.7 Å². The molecule has 27 heavy (non-hydrogen) atoms. The Morgan fingerprint density at radius 1 is 1.00 bits per heavy atom. The van der Waals surface area contributed by atoms with Crippen LogP contribution in [0.5, 0.6) is 0 Å². The van der Waals surface area contributed by atoms with E-state index in [9.17, 15) is 9.59 Å². The van der Waals surface area contributed by atoms with Gasteiger partial charge in [-0.3, -0.25) is 9.59 Å². The largest absolute Gasteiger partial charge is 0.339 e. The van der Waals surface area contributed by atoms with E-state index in [4.69, 9.17) is 0 Å². The molecule has 1 saturated heterocycles. The second-order valence-electron chi connectivity index (χ2n) is 7.22. The van der Waals surface area contributed by atoms with Crippen LogP contribution in [0.1, 0.15) is 41.3 Å². The van der Waals surface area contributed by atoms with Crippen LogP contribution in [-0.2, 0) is 11.3 Å². The summed E-state index contributed by atoms with van der Waals surface area (Å²) < 4.78 is 0. The van der Waals surface area contributed by atoms with Crippen molar-refractivity contribution in [1.82, 2.24) is 9.80 Å². The molecule has 0 aliphatic carbocycles. The van der Waals surface area contributed by atoms with E-state index in [1.165, 1.54) is 0 Å². The van der Waals surface area contributed by atoms with Crippen LogP contribution in [0.3, 0.4) is 0 Å². The first-order valence-corrected chi connectivity index (χ1v) is 9.77. The third-order valence-electron chi connectivity index (χ3n) is 5.42. The van der Waals surface area contributed by atoms with E-state index >= 15 is 0 Å². The molecular weight excluding hydrogens is 336 g/mol. The number of hydrogen-bond donors (Lipinski definition) is 0. The van der Waals surface area contributed by atoms with Crippen LogP contribution in [0, 0.1) is 12.8 Å². The Bertz CT molecular complexity index is 780. The van der Waals surface area contributed by atoms with Crippen LogP contribution in [0.25, 0.3) is 0 Å². The zero-order valence-electron chi connectivity index (χ0n) is 16.2. The molecule has 0 aromatic heterocycles. The Morgan fingerprint density at radius 3 is 2.26 bits per heavy atom. The lowest BCUT2D eigenvalue weighted by Crippen LogP contribution is -2.44. The minimum atomic E-state index is 0.00887. The molecule has 0 atom stereocenters. The van der Waals surface area contributed by atoms with E-state index in [2.05, 4.69) is 12.1 Å². The number of rotatable bonds is 5. The summed E-state index contributed by atoms with van der Waals surface area (Å²) in [5.41, 5.74) is 2.92. The van der Waals surface area contributed by atoms with Crippen molar-refractivity contribution < 1.29 is 9.59 Å². The predicted octanol–water partition coefficient (Wildman–Crippen LogP) is 3.90. The van der Waals surface area contributed by atoms with E-state index in [0.29, 0.717) is 26.2 Å². The number of aryl methyl sites for hydroxylation is 1. The summed E-state index contributed by atoms with van der Waals surface area (Å²) in [6.45, 7) is 6.64. The normalized spacial score (nSPS) is 14.8. The van der Waals surface area contributed by atoms with Gasteiger partial charge in [0.05, 0.1) is 0 Å². The molecule has 4 nitrogen and oxygen atoms in total. The Kier molecular flexibility index (Phi) is 6.28. The van der Waals surface area contributed by atoms with Crippen LogP contribution < -0.4 is 0 Å². The average molecular weight is 364 g/mol. The maximum absolute atomic E-state index is 13.0. The van der Waals surface area contributed by atoms with Crippen molar-refractivity contribution in [2.24, 2.45) is 5.92 Å². The summed E-state index contributed by atoms with van der Waals surface area (Å²) in [6, 6.07) is 17.8. The molecule has 4 heteroatoms. The zero-order valence-corrected chi connectivity index (χ0v) is 16.2. The molecular formula is C23H28N2O2. The van der Waals surface area contributed by atoms with Gasteiger partial charge in [0.25, 0.3) is 5.91 Å². The highest BCUT2D eigenvalue weighted by Crippen LogP contribution is 2.23. The standard InChI is InChI=1S/C23H28N2O2/c1-3-24(17-19-10-5-4-6-11-19)22(26)20-13-15-25(16-14-20)23(27)21-12-8-7-9-18(21)2/h4-12,20H,3,13-17H2,1-2H3. The lowest BCUT2D eigenvalue weighted by molar-refractivity contribution is -0.137. The number of amides is 2. The van der Waals surface area contributed by atoms with E-state index in [1.54, 1.807) is 0 Å². The van der Waals surface area contributed by atoms with Gasteiger partial charge in [-0.1, -0.05) is 48.5 Å². The second-order valence-corrected chi connectivity index (χ2v) is 7.22. The van der Waals surface area contributed by atoms with Gasteiger partial charge in [0.15, 0.2) is 0 Å². The average Bonchev–Trinajstić information content (AvgIpc) is 2.72. The van der Waals surface area contributed by atoms with Gasteiger partial charge in [-0.25, -0.2) is 0 Å². The van der Waals surface area contributed by atoms with Crippen molar-refractivity contribution in [1.29, 1.82) is 0 Å². The van der Waals surface area contributed by atoms with E-state index in [1.807, 2.05) is 66.1 Å². The molecule has 2 amide bonds. The number of likely N-dealkylation sites (tertiary alicyclic amines) is 1. The highest BCUT2D eigenvalue weighted by Gasteiger charge is 2.30. The first kappa shape index (κ1) is 19.2. The molecule has 1 heterocycles. The first-order valence-electron chi connectivity index (χ1n) is 9.77. The van der Waals surface area contributed by atoms with Gasteiger partial charge in [0.1, 0.15) is 0 Å². The summed E-state index contributed by atoms with van der Waals surface area (Å²) in [4.78, 5) is 29.5. The summed E-state index contributed by atoms with van der Waals surface area (Å²) in [6.07, 6.45) is 1.48. The molecule has 0 bridgehead atoms. The van der Waals surface area contributed by atoms with Crippen molar-refractivity contribution in [3.05, 3.63) is 71.3 Å². The van der Waals surface area contributed by atoms with E-state index in [-0.39, 0.29) is 17.7 Å². The molecule has 1 aliphatic rings. The maximum Gasteiger partial charge on any atom is 0.254 e. The molecule has 3 rings (SSSR count). The molecule has 0 spiro atoms. The van der Waals surface area contributed by atoms with Gasteiger partial charge in [-0.15, -0.1) is 0 Å². The van der Waals surface area contributed by atoms with Crippen molar-refractivity contribution >= 4 is 11.8 Å². The fourth-order valence-corrected chi connectivity index (χ4v) is 3.72. The number of benzene rings is 2. The summed E-state index contributed by atoms with van der Waals surface area (Å²) in [7, 11) is 0. The molecule has 1 fully saturated rings. The van der Waals surface area contributed by atoms with Crippen molar-refractivity contribution in [2.45, 2.75) is 33.2 Å². The maximum atomic E-state index is 13.0. The SMILES string of the molecule is CCN(Cc1ccccc1)C(=O)C1CCN(C(=O)c2ccccc2C)CC1. The summed E-state index contributed by atoms with van der Waals surface area (Å²) in [5.74, 6) is 0.301. The van der Waals surface area contributed by atoms with E-state index < -0.39 is 0 Å². The monoisotopic (exact) mass is 364 g/mol. The Labute approximate surface area is 161 Å². The third-order valence-corrected chi connectivity index (χ3v) is 5.42. The van der Waals surface area contributed by atoms with E-state index in [0.717, 1.165) is 29.5 Å². The molecule has 0 N–H and O–H groups in total. The summed E-state index contributed by atoms with van der Waals surface area (Å²) >= 11 is 0. The Balaban J connectivity index is 1.58. The molecule has 0 unspecified atom stereocenters. The second kappa shape index (κ2) is 8.85. The minimum absolute atomic E-state index is 0.00887. The lowest BCUT2D eigenvalue weighted by Gasteiger charge is -2.34. The molecule has 0 radical (unpaired) electrons. The number of hydrogen-bond acceptors (Lipinski definition) is 2. The minimum Gasteiger partial charge on any atom is -0.339 e. The van der Waals surface area contributed by atoms with Crippen LogP contribution >= 0.6 is 0 Å². The van der Waals surface area contributed by atoms with Gasteiger partial charge in [0.2, 0.25) is 5.91 Å². The van der Waals surface area contributed by atoms with Crippen LogP contribution in [0.2, 0.25) is 0 Å². The molecule has 2 aromatic rings. The Hall–Kier alpha value is -2.62. The third kappa shape index (κ3) is 4.57. The van der Waals surface area contributed by atoms with Crippen molar-refractivity contribution in [3.63, 3.8) is 0 Å². The van der Waals surface area contributed by atoms with Gasteiger partial charge < -0.3 is 9.80 Å². The quantitative estimate of drug-likeness (QED) is 0.807. The highest BCUT2D eigenvalue weighted by molar-refractivity contribution is 5.95. The molecule has 2 aromatic carbocycles. The van der Waals surface area contributed by atoms with Gasteiger partial charge >= 0.3 is 0 Å². The number of carbonyl (C=O) groups excluding carboxylic acids is 2. The van der Waals surface area contributed by atoms with Crippen LogP contribution in [-0.4, -0.2) is 41.2 Å². The topological polar surface area (TPSA) is 40.6 Å². The van der Waals surface area contributed by atoms with Gasteiger partial charge in [-0.2, -0.15) is 0 Å². The predicted molar refractivity (Wildman–Crippen MR) is 107 cm³/mol. The molecule has 142 valence electrons. The highest BCUT2D eigenvalue weighted by atomic mass is 16.2. The fraction of sp³-hybridized carbons (Fsp3) is 0.391. The number of carbonyl (C=O) groups is 2. The van der Waals surface area contributed by atoms with Gasteiger partial charge in [-0.05, 0) is 43.9 Å². The van der Waals surface area contributed by atoms with Crippen LogP contribution in [0.15, 0.2) is 54.6 Å². The molecule has 1 aliphatic heterocycles. The van der Waals surface area contributed by atoms with Crippen molar-refractivity contribution in [3.8, 4) is 0 Å². The zero-order chi connectivity index (χ0) is 19.2. The molecule has 0 saturated carbocycles. The lowest BCUT2D eigenvalue weighted by atomic mass is 9.94. The Morgan fingerprint density at radius 2 is 1.63 bits per heavy atom. The van der Waals surface area contributed by atoms with Crippen LogP contribution in [0.4, 0.5) is 0 Å². The summed E-state index contributed by atoms with van der Waals surface area (Å²) in [5, 5.41) is 0. The van der Waals surface area contributed by atoms with Crippen molar-refractivity contribution in [2.75, 3.05) is 19.6 Å². The fourth-order valence-electron chi connectivity index (χ4n) is 3.72. The number of nitrogens with zero attached hydrogens (tertiary/aromatic N) is 2.